The average Bonchev–Trinajstić information content (AvgIpc) is 2.60. The zero-order valence-electron chi connectivity index (χ0n) is 16.8. The molecule has 0 bridgehead atoms. The van der Waals surface area contributed by atoms with E-state index in [1.165, 1.54) is 6.92 Å². The van der Waals surface area contributed by atoms with Gasteiger partial charge in [0.15, 0.2) is 0 Å². The van der Waals surface area contributed by atoms with E-state index in [-0.39, 0.29) is 25.2 Å². The fraction of sp³-hybridized carbons (Fsp3) is 0.706. The fourth-order valence-electron chi connectivity index (χ4n) is 2.27. The van der Waals surface area contributed by atoms with Crippen molar-refractivity contribution in [3.05, 3.63) is 0 Å². The van der Waals surface area contributed by atoms with Crippen molar-refractivity contribution in [2.75, 3.05) is 6.54 Å². The van der Waals surface area contributed by atoms with Crippen LogP contribution in [0.5, 0.6) is 0 Å². The Bertz CT molecular complexity index is 609. The second kappa shape index (κ2) is 12.7. The zero-order chi connectivity index (χ0) is 22.7. The number of nitrogens with one attached hydrogen (secondary N) is 3. The van der Waals surface area contributed by atoms with E-state index < -0.39 is 60.4 Å². The second-order valence-electron chi connectivity index (χ2n) is 7.14. The summed E-state index contributed by atoms with van der Waals surface area (Å²) in [4.78, 5) is 58.2. The average molecular weight is 417 g/mol. The van der Waals surface area contributed by atoms with E-state index in [1.807, 2.05) is 13.8 Å². The molecule has 0 fully saturated rings. The molecule has 0 aromatic carbocycles. The molecular formula is C17H31N5O7. The first-order chi connectivity index (χ1) is 13.3. The number of carboxylic acid groups (broad SMARTS) is 1. The standard InChI is InChI=1S/C17H31N5O7/c1-8(2)6-11(22-16(27)14(19)9(3)23)15(26)20-7-13(25)21-10(17(28)29)4-5-12(18)24/h8-11,14,23H,4-7,19H2,1-3H3,(H2,18,24)(H,20,26)(H,21,25)(H,22,27)(H,28,29). The summed E-state index contributed by atoms with van der Waals surface area (Å²) in [5.41, 5.74) is 10.5. The topological polar surface area (TPSA) is 214 Å². The van der Waals surface area contributed by atoms with Gasteiger partial charge >= 0.3 is 5.97 Å². The first kappa shape index (κ1) is 26.3. The van der Waals surface area contributed by atoms with Gasteiger partial charge in [-0.2, -0.15) is 0 Å². The van der Waals surface area contributed by atoms with Crippen LogP contribution in [0.4, 0.5) is 0 Å². The van der Waals surface area contributed by atoms with Crippen molar-refractivity contribution in [3.63, 3.8) is 0 Å². The maximum atomic E-state index is 12.4. The third kappa shape index (κ3) is 11.0. The summed E-state index contributed by atoms with van der Waals surface area (Å²) in [5.74, 6) is -4.20. The van der Waals surface area contributed by atoms with Crippen LogP contribution >= 0.6 is 0 Å². The minimum atomic E-state index is -1.34. The largest absolute Gasteiger partial charge is 0.480 e. The zero-order valence-corrected chi connectivity index (χ0v) is 16.8. The Balaban J connectivity index is 4.83. The van der Waals surface area contributed by atoms with Crippen molar-refractivity contribution < 1.29 is 34.2 Å². The minimum Gasteiger partial charge on any atom is -0.480 e. The molecule has 4 unspecified atom stereocenters. The summed E-state index contributed by atoms with van der Waals surface area (Å²) < 4.78 is 0. The molecule has 9 N–H and O–H groups in total. The van der Waals surface area contributed by atoms with Crippen LogP contribution < -0.4 is 27.4 Å². The first-order valence-corrected chi connectivity index (χ1v) is 9.17. The number of primary amides is 1. The van der Waals surface area contributed by atoms with Gasteiger partial charge in [0.05, 0.1) is 12.6 Å². The SMILES string of the molecule is CC(C)CC(NC(=O)C(N)C(C)O)C(=O)NCC(=O)NC(CCC(N)=O)C(=O)O. The third-order valence-electron chi connectivity index (χ3n) is 3.90. The van der Waals surface area contributed by atoms with Crippen LogP contribution in [0.15, 0.2) is 0 Å². The number of hydrogen-bond acceptors (Lipinski definition) is 7. The molecule has 0 aliphatic heterocycles. The first-order valence-electron chi connectivity index (χ1n) is 9.17. The minimum absolute atomic E-state index is 0.0211. The molecule has 29 heavy (non-hydrogen) atoms. The Kier molecular flexibility index (Phi) is 11.5. The molecule has 0 saturated carbocycles. The number of aliphatic hydroxyl groups excluding tert-OH is 1. The van der Waals surface area contributed by atoms with Gasteiger partial charge in [-0.15, -0.1) is 0 Å². The van der Waals surface area contributed by atoms with Crippen molar-refractivity contribution in [3.8, 4) is 0 Å². The van der Waals surface area contributed by atoms with Crippen molar-refractivity contribution in [2.45, 2.75) is 64.3 Å². The highest BCUT2D eigenvalue weighted by Gasteiger charge is 2.27. The molecule has 0 saturated heterocycles. The monoisotopic (exact) mass is 417 g/mol. The molecule has 0 radical (unpaired) electrons. The Morgan fingerprint density at radius 2 is 1.55 bits per heavy atom. The van der Waals surface area contributed by atoms with Gasteiger partial charge in [0.2, 0.25) is 23.6 Å². The van der Waals surface area contributed by atoms with Crippen LogP contribution in [0.3, 0.4) is 0 Å². The van der Waals surface area contributed by atoms with Gasteiger partial charge in [0.25, 0.3) is 0 Å². The highest BCUT2D eigenvalue weighted by atomic mass is 16.4. The molecule has 12 heteroatoms. The van der Waals surface area contributed by atoms with Gasteiger partial charge in [-0.25, -0.2) is 4.79 Å². The molecule has 0 aromatic rings. The predicted octanol–water partition coefficient (Wildman–Crippen LogP) is -2.82. The van der Waals surface area contributed by atoms with Crippen molar-refractivity contribution in [1.82, 2.24) is 16.0 Å². The number of aliphatic carboxylic acids is 1. The molecular weight excluding hydrogens is 386 g/mol. The molecule has 0 aliphatic rings. The van der Waals surface area contributed by atoms with E-state index in [2.05, 4.69) is 16.0 Å². The number of aliphatic hydroxyl groups is 1. The highest BCUT2D eigenvalue weighted by Crippen LogP contribution is 2.06. The maximum absolute atomic E-state index is 12.4. The molecule has 166 valence electrons. The lowest BCUT2D eigenvalue weighted by atomic mass is 10.0. The van der Waals surface area contributed by atoms with Gasteiger partial charge in [-0.1, -0.05) is 13.8 Å². The molecule has 0 heterocycles. The van der Waals surface area contributed by atoms with Gasteiger partial charge < -0.3 is 37.6 Å². The Morgan fingerprint density at radius 1 is 0.966 bits per heavy atom. The quantitative estimate of drug-likeness (QED) is 0.165. The van der Waals surface area contributed by atoms with E-state index in [0.717, 1.165) is 0 Å². The van der Waals surface area contributed by atoms with Gasteiger partial charge in [0, 0.05) is 6.42 Å². The van der Waals surface area contributed by atoms with Gasteiger partial charge in [0.1, 0.15) is 18.1 Å². The summed E-state index contributed by atoms with van der Waals surface area (Å²) in [6, 6.07) is -3.55. The fourth-order valence-corrected chi connectivity index (χ4v) is 2.27. The van der Waals surface area contributed by atoms with Gasteiger partial charge in [-0.05, 0) is 25.7 Å². The number of nitrogens with two attached hydrogens (primary N) is 2. The van der Waals surface area contributed by atoms with E-state index >= 15 is 0 Å². The predicted molar refractivity (Wildman–Crippen MR) is 102 cm³/mol. The molecule has 0 aromatic heterocycles. The van der Waals surface area contributed by atoms with E-state index in [1.54, 1.807) is 0 Å². The summed E-state index contributed by atoms with van der Waals surface area (Å²) >= 11 is 0. The highest BCUT2D eigenvalue weighted by molar-refractivity contribution is 5.92. The smallest absolute Gasteiger partial charge is 0.326 e. The molecule has 4 amide bonds. The Hall–Kier alpha value is -2.73. The Morgan fingerprint density at radius 3 is 2.00 bits per heavy atom. The summed E-state index contributed by atoms with van der Waals surface area (Å²) in [7, 11) is 0. The molecule has 0 aliphatic carbocycles. The maximum Gasteiger partial charge on any atom is 0.326 e. The van der Waals surface area contributed by atoms with Crippen LogP contribution in [-0.4, -0.2) is 70.6 Å². The third-order valence-corrected chi connectivity index (χ3v) is 3.90. The van der Waals surface area contributed by atoms with Crippen LogP contribution in [0.2, 0.25) is 0 Å². The van der Waals surface area contributed by atoms with Crippen molar-refractivity contribution in [2.24, 2.45) is 17.4 Å². The van der Waals surface area contributed by atoms with Gasteiger partial charge in [-0.3, -0.25) is 19.2 Å². The van der Waals surface area contributed by atoms with Crippen LogP contribution in [0.1, 0.15) is 40.0 Å². The number of hydrogen-bond donors (Lipinski definition) is 7. The van der Waals surface area contributed by atoms with Crippen molar-refractivity contribution in [1.29, 1.82) is 0 Å². The molecule has 0 rings (SSSR count). The van der Waals surface area contributed by atoms with Crippen LogP contribution in [0, 0.1) is 5.92 Å². The van der Waals surface area contributed by atoms with Crippen LogP contribution in [-0.2, 0) is 24.0 Å². The van der Waals surface area contributed by atoms with E-state index in [0.29, 0.717) is 0 Å². The summed E-state index contributed by atoms with van der Waals surface area (Å²) in [6.45, 7) is 4.45. The van der Waals surface area contributed by atoms with Crippen molar-refractivity contribution >= 4 is 29.6 Å². The number of amides is 4. The van der Waals surface area contributed by atoms with E-state index in [4.69, 9.17) is 16.6 Å². The summed E-state index contributed by atoms with van der Waals surface area (Å²) in [5, 5.41) is 25.4. The van der Waals surface area contributed by atoms with E-state index in [9.17, 15) is 29.1 Å². The number of carboxylic acids is 1. The lowest BCUT2D eigenvalue weighted by molar-refractivity contribution is -0.142. The summed E-state index contributed by atoms with van der Waals surface area (Å²) in [6.07, 6.45) is -1.28. The molecule has 4 atom stereocenters. The number of rotatable bonds is 13. The molecule has 0 spiro atoms. The number of carbonyl (C=O) groups is 5. The van der Waals surface area contributed by atoms with Crippen LogP contribution in [0.25, 0.3) is 0 Å². The second-order valence-corrected chi connectivity index (χ2v) is 7.14. The lowest BCUT2D eigenvalue weighted by Crippen LogP contribution is -2.55. The molecule has 12 nitrogen and oxygen atoms in total. The normalized spacial score (nSPS) is 15.0. The Labute approximate surface area is 168 Å². The lowest BCUT2D eigenvalue weighted by Gasteiger charge is -2.23. The number of carbonyl (C=O) groups excluding carboxylic acids is 4.